The fourth-order valence-corrected chi connectivity index (χ4v) is 5.63. The number of carbonyl (C=O) groups excluding carboxylic acids is 3. The van der Waals surface area contributed by atoms with Crippen LogP contribution in [0.3, 0.4) is 0 Å². The number of esters is 1. The first-order valence-electron chi connectivity index (χ1n) is 11.5. The van der Waals surface area contributed by atoms with Gasteiger partial charge in [-0.05, 0) is 69.6 Å². The first-order chi connectivity index (χ1) is 16.0. The van der Waals surface area contributed by atoms with Crippen molar-refractivity contribution >= 4 is 39.5 Å². The van der Waals surface area contributed by atoms with Crippen LogP contribution in [0.5, 0.6) is 0 Å². The van der Waals surface area contributed by atoms with Crippen LogP contribution in [0.2, 0.25) is 0 Å². The highest BCUT2D eigenvalue weighted by atomic mass is 16.5. The van der Waals surface area contributed by atoms with Gasteiger partial charge in [0.1, 0.15) is 5.41 Å². The van der Waals surface area contributed by atoms with Gasteiger partial charge in [0.25, 0.3) is 0 Å². The number of Topliss-reactive ketones (excluding diaryl/α,β-unsaturated/α-hetero) is 2. The van der Waals surface area contributed by atoms with Gasteiger partial charge in [0.05, 0.1) is 12.7 Å². The zero-order chi connectivity index (χ0) is 23.2. The van der Waals surface area contributed by atoms with Crippen LogP contribution < -0.4 is 0 Å². The number of ether oxygens (including phenoxy) is 1. The Labute approximate surface area is 193 Å². The smallest absolute Gasteiger partial charge is 0.337 e. The molecule has 0 unspecified atom stereocenters. The minimum absolute atomic E-state index is 0.0416. The van der Waals surface area contributed by atoms with E-state index in [9.17, 15) is 14.4 Å². The van der Waals surface area contributed by atoms with Crippen LogP contribution in [0.1, 0.15) is 66.1 Å². The van der Waals surface area contributed by atoms with E-state index in [2.05, 4.69) is 25.1 Å². The number of rotatable bonds is 4. The predicted octanol–water partition coefficient (Wildman–Crippen LogP) is 5.91. The first kappa shape index (κ1) is 21.3. The summed E-state index contributed by atoms with van der Waals surface area (Å²) in [6.07, 6.45) is 2.90. The van der Waals surface area contributed by atoms with E-state index in [0.29, 0.717) is 31.2 Å². The molecule has 4 heteroatoms. The van der Waals surface area contributed by atoms with E-state index >= 15 is 0 Å². The Bertz CT molecular complexity index is 1330. The Morgan fingerprint density at radius 3 is 2.36 bits per heavy atom. The maximum absolute atomic E-state index is 13.7. The van der Waals surface area contributed by atoms with Gasteiger partial charge >= 0.3 is 5.97 Å². The van der Waals surface area contributed by atoms with E-state index in [1.165, 1.54) is 7.11 Å². The molecule has 0 N–H and O–H groups in total. The third-order valence-corrected chi connectivity index (χ3v) is 7.03. The zero-order valence-corrected chi connectivity index (χ0v) is 18.9. The zero-order valence-electron chi connectivity index (χ0n) is 18.9. The maximum atomic E-state index is 13.7. The highest BCUT2D eigenvalue weighted by Gasteiger charge is 2.56. The Hall–Kier alpha value is -3.53. The van der Waals surface area contributed by atoms with E-state index in [1.54, 1.807) is 18.2 Å². The van der Waals surface area contributed by atoms with Crippen LogP contribution in [0.4, 0.5) is 0 Å². The second kappa shape index (κ2) is 8.11. The molecule has 0 saturated heterocycles. The molecule has 0 atom stereocenters. The van der Waals surface area contributed by atoms with Gasteiger partial charge in [-0.2, -0.15) is 0 Å². The summed E-state index contributed by atoms with van der Waals surface area (Å²) in [4.78, 5) is 39.7. The summed E-state index contributed by atoms with van der Waals surface area (Å²) in [5.74, 6) is -0.511. The number of methoxy groups -OCH3 is 1. The number of carbonyl (C=O) groups is 3. The Morgan fingerprint density at radius 2 is 1.67 bits per heavy atom. The van der Waals surface area contributed by atoms with Gasteiger partial charge in [-0.25, -0.2) is 4.79 Å². The lowest BCUT2D eigenvalue weighted by atomic mass is 9.63. The third-order valence-electron chi connectivity index (χ3n) is 7.03. The molecule has 4 nitrogen and oxygen atoms in total. The average molecular weight is 439 g/mol. The highest BCUT2D eigenvalue weighted by Crippen LogP contribution is 2.56. The molecule has 1 fully saturated rings. The molecular weight excluding hydrogens is 412 g/mol. The van der Waals surface area contributed by atoms with Crippen molar-refractivity contribution in [2.75, 3.05) is 7.11 Å². The van der Waals surface area contributed by atoms with E-state index in [-0.39, 0.29) is 11.6 Å². The summed E-state index contributed by atoms with van der Waals surface area (Å²) in [7, 11) is 1.36. The molecule has 33 heavy (non-hydrogen) atoms. The monoisotopic (exact) mass is 438 g/mol. The summed E-state index contributed by atoms with van der Waals surface area (Å²) in [5.41, 5.74) is 3.36. The molecule has 0 bridgehead atoms. The van der Waals surface area contributed by atoms with Crippen molar-refractivity contribution in [1.82, 2.24) is 0 Å². The lowest BCUT2D eigenvalue weighted by molar-refractivity contribution is -0.135. The van der Waals surface area contributed by atoms with Crippen LogP contribution in [0.15, 0.2) is 60.7 Å². The van der Waals surface area contributed by atoms with Gasteiger partial charge in [0, 0.05) is 12.8 Å². The highest BCUT2D eigenvalue weighted by molar-refractivity contribution is 6.30. The van der Waals surface area contributed by atoms with Crippen LogP contribution in [-0.4, -0.2) is 24.6 Å². The minimum Gasteiger partial charge on any atom is -0.465 e. The van der Waals surface area contributed by atoms with E-state index in [4.69, 9.17) is 4.74 Å². The maximum Gasteiger partial charge on any atom is 0.337 e. The van der Waals surface area contributed by atoms with E-state index in [0.717, 1.165) is 45.0 Å². The normalized spacial score (nSPS) is 17.0. The van der Waals surface area contributed by atoms with Crippen LogP contribution in [-0.2, 0) is 19.7 Å². The van der Waals surface area contributed by atoms with Crippen LogP contribution in [0, 0.1) is 0 Å². The predicted molar refractivity (Wildman–Crippen MR) is 129 cm³/mol. The number of hydrogen-bond donors (Lipinski definition) is 0. The summed E-state index contributed by atoms with van der Waals surface area (Å²) in [6.45, 7) is 2.09. The summed E-state index contributed by atoms with van der Waals surface area (Å²) < 4.78 is 4.94. The molecule has 0 amide bonds. The van der Waals surface area contributed by atoms with Gasteiger partial charge in [0.15, 0.2) is 11.6 Å². The standard InChI is InChI=1S/C29H26O4/c1-3-7-22-23-17-21(28(32)33-2)14-15-24(23)29(25(30)10-6-11-26(29)31)27(22)20-13-12-18-8-4-5-9-19(18)16-20/h4-5,8-9,12-17H,3,6-7,10-11H2,1-2H3. The Kier molecular flexibility index (Phi) is 5.24. The third kappa shape index (κ3) is 3.08. The van der Waals surface area contributed by atoms with Crippen LogP contribution >= 0.6 is 0 Å². The second-order valence-corrected chi connectivity index (χ2v) is 8.87. The topological polar surface area (TPSA) is 60.4 Å². The van der Waals surface area contributed by atoms with Crippen molar-refractivity contribution in [2.45, 2.75) is 44.4 Å². The van der Waals surface area contributed by atoms with Gasteiger partial charge in [0.2, 0.25) is 0 Å². The second-order valence-electron chi connectivity index (χ2n) is 8.87. The van der Waals surface area contributed by atoms with Crippen molar-refractivity contribution in [1.29, 1.82) is 0 Å². The average Bonchev–Trinajstić information content (AvgIpc) is 3.12. The Morgan fingerprint density at radius 1 is 0.939 bits per heavy atom. The quantitative estimate of drug-likeness (QED) is 0.375. The summed E-state index contributed by atoms with van der Waals surface area (Å²) in [5, 5.41) is 2.17. The molecular formula is C29H26O4. The minimum atomic E-state index is -1.30. The number of hydrogen-bond acceptors (Lipinski definition) is 4. The molecule has 2 aliphatic carbocycles. The number of benzene rings is 3. The van der Waals surface area contributed by atoms with Crippen molar-refractivity contribution < 1.29 is 19.1 Å². The fourth-order valence-electron chi connectivity index (χ4n) is 5.63. The lowest BCUT2D eigenvalue weighted by Gasteiger charge is -2.35. The molecule has 0 heterocycles. The molecule has 3 aromatic carbocycles. The van der Waals surface area contributed by atoms with Crippen molar-refractivity contribution in [3.63, 3.8) is 0 Å². The van der Waals surface area contributed by atoms with E-state index in [1.807, 2.05) is 24.3 Å². The molecule has 0 aliphatic heterocycles. The van der Waals surface area contributed by atoms with Gasteiger partial charge in [-0.3, -0.25) is 9.59 Å². The molecule has 166 valence electrons. The van der Waals surface area contributed by atoms with Gasteiger partial charge in [-0.15, -0.1) is 0 Å². The molecule has 5 rings (SSSR count). The molecule has 0 radical (unpaired) electrons. The lowest BCUT2D eigenvalue weighted by Crippen LogP contribution is -2.46. The number of ketones is 2. The Balaban J connectivity index is 1.86. The molecule has 1 spiro atoms. The molecule has 0 aromatic heterocycles. The van der Waals surface area contributed by atoms with Crippen molar-refractivity contribution in [3.05, 3.63) is 82.9 Å². The van der Waals surface area contributed by atoms with Crippen molar-refractivity contribution in [2.24, 2.45) is 0 Å². The summed E-state index contributed by atoms with van der Waals surface area (Å²) in [6, 6.07) is 19.5. The summed E-state index contributed by atoms with van der Waals surface area (Å²) >= 11 is 0. The van der Waals surface area contributed by atoms with Gasteiger partial charge in [-0.1, -0.05) is 55.8 Å². The SMILES string of the molecule is CCCC1=C(c2ccc3ccccc3c2)C2(C(=O)CCCC2=O)c2ccc(C(=O)OC)cc21. The molecule has 1 saturated carbocycles. The van der Waals surface area contributed by atoms with E-state index < -0.39 is 11.4 Å². The number of allylic oxidation sites excluding steroid dienone is 2. The molecule has 3 aromatic rings. The molecule has 2 aliphatic rings. The van der Waals surface area contributed by atoms with Gasteiger partial charge < -0.3 is 4.74 Å². The largest absolute Gasteiger partial charge is 0.465 e. The first-order valence-corrected chi connectivity index (χ1v) is 11.5. The fraction of sp³-hybridized carbons (Fsp3) is 0.276. The number of fused-ring (bicyclic) bond motifs is 3. The van der Waals surface area contributed by atoms with Crippen LogP contribution in [0.25, 0.3) is 21.9 Å². The van der Waals surface area contributed by atoms with Crippen molar-refractivity contribution in [3.8, 4) is 0 Å².